The van der Waals surface area contributed by atoms with Gasteiger partial charge in [0.05, 0.1) is 17.1 Å². The van der Waals surface area contributed by atoms with Crippen LogP contribution < -0.4 is 5.32 Å². The molecule has 2 aromatic carbocycles. The van der Waals surface area contributed by atoms with E-state index in [1.54, 1.807) is 24.3 Å². The van der Waals surface area contributed by atoms with Crippen LogP contribution in [0.25, 0.3) is 22.0 Å². The minimum atomic E-state index is -0.308. The van der Waals surface area contributed by atoms with Crippen molar-refractivity contribution in [2.24, 2.45) is 0 Å². The fourth-order valence-electron chi connectivity index (χ4n) is 3.72. The van der Waals surface area contributed by atoms with Gasteiger partial charge in [0, 0.05) is 35.6 Å². The first-order valence-corrected chi connectivity index (χ1v) is 10.2. The summed E-state index contributed by atoms with van der Waals surface area (Å²) in [6, 6.07) is 16.9. The molecule has 31 heavy (non-hydrogen) atoms. The van der Waals surface area contributed by atoms with Crippen molar-refractivity contribution in [2.45, 2.75) is 13.0 Å². The number of amides is 1. The SMILES string of the molecule is N#Cc1ccc(NC(=O)c2n[nH]c3ccc(-c4cncc(CN5CCC5)c4)cc23)cc1. The Hall–Kier alpha value is -4.02. The summed E-state index contributed by atoms with van der Waals surface area (Å²) in [4.78, 5) is 19.6. The molecule has 2 N–H and O–H groups in total. The lowest BCUT2D eigenvalue weighted by atomic mass is 10.0. The number of aromatic amines is 1. The molecule has 1 aliphatic heterocycles. The van der Waals surface area contributed by atoms with Crippen LogP contribution in [0, 0.1) is 11.3 Å². The number of benzene rings is 2. The Kier molecular flexibility index (Phi) is 4.90. The van der Waals surface area contributed by atoms with Gasteiger partial charge in [0.1, 0.15) is 0 Å². The summed E-state index contributed by atoms with van der Waals surface area (Å²) in [5.41, 5.74) is 5.45. The number of carbonyl (C=O) groups is 1. The maximum absolute atomic E-state index is 12.8. The highest BCUT2D eigenvalue weighted by Crippen LogP contribution is 2.26. The lowest BCUT2D eigenvalue weighted by molar-refractivity contribution is 0.102. The molecule has 7 heteroatoms. The molecule has 1 aliphatic rings. The van der Waals surface area contributed by atoms with Crippen molar-refractivity contribution in [3.05, 3.63) is 77.7 Å². The molecule has 0 saturated carbocycles. The summed E-state index contributed by atoms with van der Waals surface area (Å²) >= 11 is 0. The summed E-state index contributed by atoms with van der Waals surface area (Å²) in [5.74, 6) is -0.308. The van der Waals surface area contributed by atoms with Gasteiger partial charge >= 0.3 is 0 Å². The summed E-state index contributed by atoms with van der Waals surface area (Å²) in [5, 5.41) is 19.7. The quantitative estimate of drug-likeness (QED) is 0.521. The molecule has 2 aromatic heterocycles. The van der Waals surface area contributed by atoms with Crippen molar-refractivity contribution < 1.29 is 4.79 Å². The van der Waals surface area contributed by atoms with E-state index in [-0.39, 0.29) is 5.91 Å². The molecule has 4 aromatic rings. The van der Waals surface area contributed by atoms with E-state index in [1.165, 1.54) is 12.0 Å². The molecule has 0 aliphatic carbocycles. The Balaban J connectivity index is 1.42. The minimum Gasteiger partial charge on any atom is -0.321 e. The fourth-order valence-corrected chi connectivity index (χ4v) is 3.72. The van der Waals surface area contributed by atoms with Crippen molar-refractivity contribution in [3.8, 4) is 17.2 Å². The average molecular weight is 408 g/mol. The number of pyridine rings is 1. The van der Waals surface area contributed by atoms with E-state index in [4.69, 9.17) is 5.26 Å². The zero-order valence-corrected chi connectivity index (χ0v) is 16.8. The number of likely N-dealkylation sites (tertiary alicyclic amines) is 1. The van der Waals surface area contributed by atoms with Crippen molar-refractivity contribution in [3.63, 3.8) is 0 Å². The van der Waals surface area contributed by atoms with Crippen LogP contribution in [0.4, 0.5) is 5.69 Å². The smallest absolute Gasteiger partial charge is 0.276 e. The zero-order chi connectivity index (χ0) is 21.2. The number of hydrogen-bond donors (Lipinski definition) is 2. The first kappa shape index (κ1) is 19.0. The number of nitrogens with one attached hydrogen (secondary N) is 2. The topological polar surface area (TPSA) is 97.7 Å². The van der Waals surface area contributed by atoms with Gasteiger partial charge in [-0.2, -0.15) is 10.4 Å². The first-order valence-electron chi connectivity index (χ1n) is 10.2. The van der Waals surface area contributed by atoms with Gasteiger partial charge in [-0.3, -0.25) is 19.8 Å². The van der Waals surface area contributed by atoms with Gasteiger partial charge in [0.25, 0.3) is 5.91 Å². The molecular formula is C24H20N6O. The molecule has 1 fully saturated rings. The predicted molar refractivity (Wildman–Crippen MR) is 118 cm³/mol. The van der Waals surface area contributed by atoms with Crippen molar-refractivity contribution >= 4 is 22.5 Å². The molecule has 0 unspecified atom stereocenters. The van der Waals surface area contributed by atoms with Crippen LogP contribution in [-0.4, -0.2) is 39.1 Å². The van der Waals surface area contributed by atoms with Crippen LogP contribution >= 0.6 is 0 Å². The monoisotopic (exact) mass is 408 g/mol. The van der Waals surface area contributed by atoms with Gasteiger partial charge in [-0.05, 0) is 73.1 Å². The average Bonchev–Trinajstić information content (AvgIpc) is 3.20. The number of carbonyl (C=O) groups excluding carboxylic acids is 1. The molecule has 0 bridgehead atoms. The van der Waals surface area contributed by atoms with Gasteiger partial charge in [-0.15, -0.1) is 0 Å². The predicted octanol–water partition coefficient (Wildman–Crippen LogP) is 3.95. The lowest BCUT2D eigenvalue weighted by Crippen LogP contribution is -2.36. The number of fused-ring (bicyclic) bond motifs is 1. The maximum Gasteiger partial charge on any atom is 0.276 e. The fraction of sp³-hybridized carbons (Fsp3) is 0.167. The maximum atomic E-state index is 12.8. The van der Waals surface area contributed by atoms with E-state index in [9.17, 15) is 4.79 Å². The zero-order valence-electron chi connectivity index (χ0n) is 16.8. The molecule has 3 heterocycles. The van der Waals surface area contributed by atoms with Gasteiger partial charge in [0.2, 0.25) is 0 Å². The van der Waals surface area contributed by atoms with Crippen LogP contribution in [0.3, 0.4) is 0 Å². The molecule has 0 atom stereocenters. The van der Waals surface area contributed by atoms with Gasteiger partial charge in [-0.25, -0.2) is 0 Å². The van der Waals surface area contributed by atoms with E-state index in [0.29, 0.717) is 16.9 Å². The summed E-state index contributed by atoms with van der Waals surface area (Å²) in [6.45, 7) is 3.19. The third kappa shape index (κ3) is 3.89. The molecule has 152 valence electrons. The van der Waals surface area contributed by atoms with Gasteiger partial charge in [0.15, 0.2) is 5.69 Å². The normalized spacial score (nSPS) is 13.5. The number of aromatic nitrogens is 3. The summed E-state index contributed by atoms with van der Waals surface area (Å²) < 4.78 is 0. The second-order valence-corrected chi connectivity index (χ2v) is 7.69. The highest BCUT2D eigenvalue weighted by molar-refractivity contribution is 6.11. The van der Waals surface area contributed by atoms with E-state index in [0.717, 1.165) is 41.7 Å². The lowest BCUT2D eigenvalue weighted by Gasteiger charge is -2.30. The molecule has 0 spiro atoms. The number of H-pyrrole nitrogens is 1. The van der Waals surface area contributed by atoms with Crippen molar-refractivity contribution in [1.82, 2.24) is 20.1 Å². The summed E-state index contributed by atoms with van der Waals surface area (Å²) in [6.07, 6.45) is 5.02. The van der Waals surface area contributed by atoms with Crippen LogP contribution in [-0.2, 0) is 6.54 Å². The van der Waals surface area contributed by atoms with E-state index < -0.39 is 0 Å². The highest BCUT2D eigenvalue weighted by Gasteiger charge is 2.17. The molecule has 1 amide bonds. The first-order chi connectivity index (χ1) is 15.2. The summed E-state index contributed by atoms with van der Waals surface area (Å²) in [7, 11) is 0. The molecular weight excluding hydrogens is 388 g/mol. The number of hydrogen-bond acceptors (Lipinski definition) is 5. The Morgan fingerprint density at radius 1 is 1.10 bits per heavy atom. The van der Waals surface area contributed by atoms with E-state index in [1.807, 2.05) is 30.6 Å². The van der Waals surface area contributed by atoms with Gasteiger partial charge in [-0.1, -0.05) is 6.07 Å². The number of nitriles is 1. The second-order valence-electron chi connectivity index (χ2n) is 7.69. The largest absolute Gasteiger partial charge is 0.321 e. The molecule has 7 nitrogen and oxygen atoms in total. The third-order valence-corrected chi connectivity index (χ3v) is 5.53. The molecule has 5 rings (SSSR count). The second kappa shape index (κ2) is 8.01. The Bertz CT molecular complexity index is 1300. The van der Waals surface area contributed by atoms with Crippen LogP contribution in [0.2, 0.25) is 0 Å². The van der Waals surface area contributed by atoms with Crippen molar-refractivity contribution in [1.29, 1.82) is 5.26 Å². The van der Waals surface area contributed by atoms with Crippen LogP contribution in [0.15, 0.2) is 60.9 Å². The van der Waals surface area contributed by atoms with Crippen molar-refractivity contribution in [2.75, 3.05) is 18.4 Å². The van der Waals surface area contributed by atoms with Crippen LogP contribution in [0.5, 0.6) is 0 Å². The molecule has 0 radical (unpaired) electrons. The highest BCUT2D eigenvalue weighted by atomic mass is 16.1. The Morgan fingerprint density at radius 2 is 1.94 bits per heavy atom. The van der Waals surface area contributed by atoms with Crippen LogP contribution in [0.1, 0.15) is 28.0 Å². The van der Waals surface area contributed by atoms with Gasteiger partial charge < -0.3 is 5.32 Å². The van der Waals surface area contributed by atoms with E-state index in [2.05, 4.69) is 37.5 Å². The Morgan fingerprint density at radius 3 is 2.68 bits per heavy atom. The Labute approximate surface area is 179 Å². The standard InChI is InChI=1S/C24H20N6O/c25-12-16-2-5-20(6-3-16)27-24(31)23-21-11-18(4-7-22(21)28-29-23)19-10-17(13-26-14-19)15-30-8-1-9-30/h2-7,10-11,13-14H,1,8-9,15H2,(H,27,31)(H,28,29). The number of rotatable bonds is 5. The van der Waals surface area contributed by atoms with E-state index >= 15 is 0 Å². The number of nitrogens with zero attached hydrogens (tertiary/aromatic N) is 4. The minimum absolute atomic E-state index is 0.308. The molecule has 1 saturated heterocycles. The third-order valence-electron chi connectivity index (χ3n) is 5.53. The number of anilines is 1.